The van der Waals surface area contributed by atoms with E-state index >= 15 is 0 Å². The molecule has 2 rings (SSSR count). The van der Waals surface area contributed by atoms with Crippen molar-refractivity contribution in [2.75, 3.05) is 26.2 Å². The van der Waals surface area contributed by atoms with Crippen molar-refractivity contribution < 1.29 is 4.74 Å². The van der Waals surface area contributed by atoms with Crippen molar-refractivity contribution in [1.82, 2.24) is 4.90 Å². The van der Waals surface area contributed by atoms with Crippen LogP contribution < -0.4 is 4.74 Å². The largest absolute Gasteiger partial charge is 0.492 e. The van der Waals surface area contributed by atoms with Gasteiger partial charge in [0.25, 0.3) is 0 Å². The SMILES string of the molecule is CC.CCCc1ccc(OCCN2CCCCC2)cc1. The molecule has 2 heteroatoms. The van der Waals surface area contributed by atoms with E-state index in [0.29, 0.717) is 0 Å². The first-order chi connectivity index (χ1) is 9.88. The Labute approximate surface area is 125 Å². The molecule has 0 aromatic heterocycles. The molecule has 0 unspecified atom stereocenters. The average molecular weight is 277 g/mol. The highest BCUT2D eigenvalue weighted by molar-refractivity contribution is 5.27. The maximum atomic E-state index is 5.80. The van der Waals surface area contributed by atoms with Crippen molar-refractivity contribution in [1.29, 1.82) is 0 Å². The van der Waals surface area contributed by atoms with Crippen LogP contribution in [0, 0.1) is 0 Å². The number of ether oxygens (including phenoxy) is 1. The van der Waals surface area contributed by atoms with Crippen molar-refractivity contribution in [2.24, 2.45) is 0 Å². The number of rotatable bonds is 6. The molecule has 0 saturated carbocycles. The summed E-state index contributed by atoms with van der Waals surface area (Å²) in [6, 6.07) is 8.56. The smallest absolute Gasteiger partial charge is 0.119 e. The quantitative estimate of drug-likeness (QED) is 0.757. The van der Waals surface area contributed by atoms with Crippen LogP contribution >= 0.6 is 0 Å². The van der Waals surface area contributed by atoms with Gasteiger partial charge < -0.3 is 4.74 Å². The minimum absolute atomic E-state index is 0.813. The van der Waals surface area contributed by atoms with Crippen LogP contribution in [0.5, 0.6) is 5.75 Å². The van der Waals surface area contributed by atoms with Crippen molar-refractivity contribution in [3.8, 4) is 5.75 Å². The third kappa shape index (κ3) is 6.42. The summed E-state index contributed by atoms with van der Waals surface area (Å²) in [5.74, 6) is 1.01. The second kappa shape index (κ2) is 10.7. The van der Waals surface area contributed by atoms with E-state index in [1.54, 1.807) is 0 Å². The highest BCUT2D eigenvalue weighted by atomic mass is 16.5. The Bertz CT molecular complexity index is 328. The minimum atomic E-state index is 0.813. The minimum Gasteiger partial charge on any atom is -0.492 e. The zero-order valence-corrected chi connectivity index (χ0v) is 13.5. The number of hydrogen-bond acceptors (Lipinski definition) is 2. The third-order valence-corrected chi connectivity index (χ3v) is 3.59. The molecule has 1 aliphatic rings. The predicted molar refractivity (Wildman–Crippen MR) is 87.6 cm³/mol. The molecular weight excluding hydrogens is 246 g/mol. The highest BCUT2D eigenvalue weighted by Crippen LogP contribution is 2.14. The van der Waals surface area contributed by atoms with Crippen LogP contribution in [0.3, 0.4) is 0 Å². The van der Waals surface area contributed by atoms with Gasteiger partial charge in [-0.3, -0.25) is 4.90 Å². The first-order valence-electron chi connectivity index (χ1n) is 8.32. The van der Waals surface area contributed by atoms with Gasteiger partial charge in [-0.25, -0.2) is 0 Å². The molecule has 0 bridgehead atoms. The zero-order chi connectivity index (χ0) is 14.6. The van der Waals surface area contributed by atoms with Crippen LogP contribution in [-0.2, 0) is 6.42 Å². The second-order valence-corrected chi connectivity index (χ2v) is 5.14. The summed E-state index contributed by atoms with van der Waals surface area (Å²) in [7, 11) is 0. The van der Waals surface area contributed by atoms with E-state index in [9.17, 15) is 0 Å². The summed E-state index contributed by atoms with van der Waals surface area (Å²) < 4.78 is 5.80. The van der Waals surface area contributed by atoms with Crippen LogP contribution in [-0.4, -0.2) is 31.1 Å². The lowest BCUT2D eigenvalue weighted by molar-refractivity contribution is 0.183. The van der Waals surface area contributed by atoms with E-state index < -0.39 is 0 Å². The summed E-state index contributed by atoms with van der Waals surface area (Å²) in [5, 5.41) is 0. The van der Waals surface area contributed by atoms with Crippen LogP contribution in [0.2, 0.25) is 0 Å². The summed E-state index contributed by atoms with van der Waals surface area (Å²) in [6.45, 7) is 10.6. The van der Waals surface area contributed by atoms with Gasteiger partial charge in [0, 0.05) is 6.54 Å². The molecule has 0 radical (unpaired) electrons. The Morgan fingerprint density at radius 1 is 1.00 bits per heavy atom. The van der Waals surface area contributed by atoms with E-state index in [4.69, 9.17) is 4.74 Å². The first kappa shape index (κ1) is 17.0. The molecule has 0 N–H and O–H groups in total. The molecule has 0 atom stereocenters. The fourth-order valence-electron chi connectivity index (χ4n) is 2.52. The maximum Gasteiger partial charge on any atom is 0.119 e. The summed E-state index contributed by atoms with van der Waals surface area (Å²) in [4.78, 5) is 2.51. The molecule has 1 aromatic carbocycles. The number of nitrogens with zero attached hydrogens (tertiary/aromatic N) is 1. The standard InChI is InChI=1S/C16H25NO.C2H6/c1-2-6-15-7-9-16(10-8-15)18-14-13-17-11-4-3-5-12-17;1-2/h7-10H,2-6,11-14H2,1H3;1-2H3. The van der Waals surface area contributed by atoms with E-state index in [1.807, 2.05) is 13.8 Å². The Balaban J connectivity index is 0.000000956. The molecule has 1 heterocycles. The van der Waals surface area contributed by atoms with Gasteiger partial charge in [0.05, 0.1) is 0 Å². The molecule has 0 spiro atoms. The van der Waals surface area contributed by atoms with Gasteiger partial charge in [-0.15, -0.1) is 0 Å². The zero-order valence-electron chi connectivity index (χ0n) is 13.5. The molecule has 0 amide bonds. The van der Waals surface area contributed by atoms with Gasteiger partial charge in [0.2, 0.25) is 0 Å². The van der Waals surface area contributed by atoms with Crippen LogP contribution in [0.1, 0.15) is 52.0 Å². The highest BCUT2D eigenvalue weighted by Gasteiger charge is 2.09. The molecular formula is C18H31NO. The Morgan fingerprint density at radius 3 is 2.25 bits per heavy atom. The molecule has 20 heavy (non-hydrogen) atoms. The van der Waals surface area contributed by atoms with Crippen molar-refractivity contribution in [3.05, 3.63) is 29.8 Å². The van der Waals surface area contributed by atoms with Crippen molar-refractivity contribution in [3.63, 3.8) is 0 Å². The lowest BCUT2D eigenvalue weighted by Crippen LogP contribution is -2.33. The number of piperidine rings is 1. The number of likely N-dealkylation sites (tertiary alicyclic amines) is 1. The summed E-state index contributed by atoms with van der Waals surface area (Å²) in [5.41, 5.74) is 1.40. The molecule has 114 valence electrons. The summed E-state index contributed by atoms with van der Waals surface area (Å²) in [6.07, 6.45) is 6.47. The van der Waals surface area contributed by atoms with E-state index in [2.05, 4.69) is 36.1 Å². The van der Waals surface area contributed by atoms with Gasteiger partial charge in [0.15, 0.2) is 0 Å². The van der Waals surface area contributed by atoms with Crippen LogP contribution in [0.4, 0.5) is 0 Å². The topological polar surface area (TPSA) is 12.5 Å². The predicted octanol–water partition coefficient (Wildman–Crippen LogP) is 4.53. The fraction of sp³-hybridized carbons (Fsp3) is 0.667. The monoisotopic (exact) mass is 277 g/mol. The molecule has 2 nitrogen and oxygen atoms in total. The molecule has 0 aliphatic carbocycles. The molecule has 1 aliphatic heterocycles. The summed E-state index contributed by atoms with van der Waals surface area (Å²) >= 11 is 0. The van der Waals surface area contributed by atoms with Gasteiger partial charge in [0.1, 0.15) is 12.4 Å². The Hall–Kier alpha value is -1.02. The lowest BCUT2D eigenvalue weighted by atomic mass is 10.1. The average Bonchev–Trinajstić information content (AvgIpc) is 2.52. The van der Waals surface area contributed by atoms with Crippen LogP contribution in [0.15, 0.2) is 24.3 Å². The first-order valence-corrected chi connectivity index (χ1v) is 8.32. The third-order valence-electron chi connectivity index (χ3n) is 3.59. The molecule has 1 fully saturated rings. The van der Waals surface area contributed by atoms with E-state index in [0.717, 1.165) is 25.3 Å². The Kier molecular flexibility index (Phi) is 9.14. The normalized spacial score (nSPS) is 15.3. The van der Waals surface area contributed by atoms with Crippen molar-refractivity contribution >= 4 is 0 Å². The van der Waals surface area contributed by atoms with Gasteiger partial charge in [-0.1, -0.05) is 45.7 Å². The molecule has 1 aromatic rings. The Morgan fingerprint density at radius 2 is 1.65 bits per heavy atom. The van der Waals surface area contributed by atoms with E-state index in [1.165, 1.54) is 44.3 Å². The number of hydrogen-bond donors (Lipinski definition) is 0. The second-order valence-electron chi connectivity index (χ2n) is 5.14. The van der Waals surface area contributed by atoms with Crippen LogP contribution in [0.25, 0.3) is 0 Å². The lowest BCUT2D eigenvalue weighted by Gasteiger charge is -2.26. The molecule has 1 saturated heterocycles. The number of benzene rings is 1. The van der Waals surface area contributed by atoms with Crippen molar-refractivity contribution in [2.45, 2.75) is 52.9 Å². The van der Waals surface area contributed by atoms with Gasteiger partial charge in [-0.05, 0) is 50.0 Å². The maximum absolute atomic E-state index is 5.80. The van der Waals surface area contributed by atoms with Gasteiger partial charge >= 0.3 is 0 Å². The van der Waals surface area contributed by atoms with E-state index in [-0.39, 0.29) is 0 Å². The van der Waals surface area contributed by atoms with Gasteiger partial charge in [-0.2, -0.15) is 0 Å². The number of aryl methyl sites for hydroxylation is 1. The fourth-order valence-corrected chi connectivity index (χ4v) is 2.52.